The molecule has 2 unspecified atom stereocenters. The van der Waals surface area contributed by atoms with Crippen LogP contribution in [-0.4, -0.2) is 51.1 Å². The molecule has 0 aliphatic rings. The monoisotopic (exact) mass is 477 g/mol. The van der Waals surface area contributed by atoms with Gasteiger partial charge in [0.2, 0.25) is 5.95 Å². The van der Waals surface area contributed by atoms with Gasteiger partial charge in [0.1, 0.15) is 6.35 Å². The van der Waals surface area contributed by atoms with Crippen molar-refractivity contribution in [3.63, 3.8) is 0 Å². The Balaban J connectivity index is 2.10. The number of aromatic nitrogens is 4. The first-order valence-corrected chi connectivity index (χ1v) is 12.3. The highest BCUT2D eigenvalue weighted by Gasteiger charge is 2.40. The predicted octanol–water partition coefficient (Wildman–Crippen LogP) is -0.293. The van der Waals surface area contributed by atoms with Gasteiger partial charge < -0.3 is 30.0 Å². The number of phosphoric acid groups is 2. The van der Waals surface area contributed by atoms with E-state index in [0.29, 0.717) is 5.56 Å². The zero-order valence-corrected chi connectivity index (χ0v) is 17.6. The Morgan fingerprint density at radius 2 is 1.83 bits per heavy atom. The fourth-order valence-corrected chi connectivity index (χ4v) is 5.63. The Kier molecular flexibility index (Phi) is 6.58. The van der Waals surface area contributed by atoms with E-state index in [0.717, 1.165) is 4.52 Å². The number of ether oxygens (including phenoxy) is 1. The Bertz CT molecular complexity index is 1100. The summed E-state index contributed by atoms with van der Waals surface area (Å²) >= 11 is 0. The molecule has 2 aromatic heterocycles. The molecule has 2 heterocycles. The zero-order chi connectivity index (χ0) is 22.3. The molecule has 0 bridgehead atoms. The smallest absolute Gasteiger partial charge is 0.369 e. The number of nitrogens with zero attached hydrogens (tertiary/aromatic N) is 3. The van der Waals surface area contributed by atoms with E-state index in [1.165, 1.54) is 20.0 Å². The van der Waals surface area contributed by atoms with Gasteiger partial charge in [0.25, 0.3) is 0 Å². The van der Waals surface area contributed by atoms with Crippen molar-refractivity contribution in [3.8, 4) is 0 Å². The third-order valence-electron chi connectivity index (χ3n) is 3.15. The largest absolute Gasteiger partial charge is 0.488 e. The lowest BCUT2D eigenvalue weighted by atomic mass is 10.0. The van der Waals surface area contributed by atoms with Crippen molar-refractivity contribution >= 4 is 34.8 Å². The molecule has 0 saturated carbocycles. The molecule has 0 aliphatic carbocycles. The number of anilines is 1. The maximum absolute atomic E-state index is 11.9. The van der Waals surface area contributed by atoms with Gasteiger partial charge in [-0.25, -0.2) is 18.2 Å². The molecular weight excluding hydrogens is 459 g/mol. The number of hydrogen-bond acceptors (Lipinski definition) is 10. The first kappa shape index (κ1) is 23.8. The number of nitrogen functional groups attached to an aromatic ring is 1. The number of aromatic amines is 1. The number of hydrogen-bond donors (Lipinski definition) is 6. The molecule has 0 amide bonds. The van der Waals surface area contributed by atoms with E-state index in [1.807, 2.05) is 0 Å². The number of nitrogens with one attached hydrogen (secondary N) is 1. The minimum absolute atomic E-state index is 0.0160. The van der Waals surface area contributed by atoms with Gasteiger partial charge in [0.05, 0.1) is 11.8 Å². The molecule has 0 spiro atoms. The summed E-state index contributed by atoms with van der Waals surface area (Å²) in [5.41, 5.74) is 4.19. The van der Waals surface area contributed by atoms with Crippen LogP contribution in [-0.2, 0) is 33.5 Å². The van der Waals surface area contributed by atoms with Crippen LogP contribution in [0.1, 0.15) is 19.4 Å². The average Bonchev–Trinajstić information content (AvgIpc) is 2.84. The molecular formula is C10H18N5O11P3. The van der Waals surface area contributed by atoms with Gasteiger partial charge in [-0.3, -0.25) is 9.55 Å². The highest BCUT2D eigenvalue weighted by molar-refractivity contribution is 7.68. The molecule has 0 radical (unpaired) electrons. The molecule has 0 aromatic carbocycles. The first-order valence-electron chi connectivity index (χ1n) is 7.48. The van der Waals surface area contributed by atoms with E-state index in [2.05, 4.69) is 23.7 Å². The SMILES string of the molecule is CC(C)(Cc1cnn2c(=O)[nH]c(N)nc12)OCP(=O)(O)OP(=O)(O)OP(=O)(O)O. The van der Waals surface area contributed by atoms with Crippen LogP contribution in [0.25, 0.3) is 5.65 Å². The van der Waals surface area contributed by atoms with Crippen molar-refractivity contribution in [2.45, 2.75) is 25.9 Å². The van der Waals surface area contributed by atoms with E-state index < -0.39 is 40.9 Å². The van der Waals surface area contributed by atoms with E-state index in [4.69, 9.17) is 25.2 Å². The zero-order valence-electron chi connectivity index (χ0n) is 14.9. The highest BCUT2D eigenvalue weighted by Crippen LogP contribution is 2.66. The van der Waals surface area contributed by atoms with Crippen LogP contribution in [0.5, 0.6) is 0 Å². The topological polar surface area (TPSA) is 249 Å². The number of rotatable bonds is 9. The molecule has 164 valence electrons. The second-order valence-electron chi connectivity index (χ2n) is 6.30. The van der Waals surface area contributed by atoms with Gasteiger partial charge in [-0.15, -0.1) is 0 Å². The quantitative estimate of drug-likeness (QED) is 0.254. The minimum Gasteiger partial charge on any atom is -0.369 e. The second kappa shape index (κ2) is 8.00. The third kappa shape index (κ3) is 7.08. The number of H-pyrrole nitrogens is 1. The number of fused-ring (bicyclic) bond motifs is 1. The van der Waals surface area contributed by atoms with Crippen LogP contribution in [0.2, 0.25) is 0 Å². The van der Waals surface area contributed by atoms with Crippen LogP contribution in [0.4, 0.5) is 5.95 Å². The maximum Gasteiger partial charge on any atom is 0.488 e. The molecule has 2 atom stereocenters. The normalized spacial score (nSPS) is 17.2. The summed E-state index contributed by atoms with van der Waals surface area (Å²) in [6.45, 7) is 2.97. The summed E-state index contributed by atoms with van der Waals surface area (Å²) < 4.78 is 47.5. The summed E-state index contributed by atoms with van der Waals surface area (Å²) in [6.07, 6.45) is 0.208. The molecule has 0 saturated heterocycles. The van der Waals surface area contributed by atoms with E-state index in [-0.39, 0.29) is 18.0 Å². The lowest BCUT2D eigenvalue weighted by Gasteiger charge is -2.26. The van der Waals surface area contributed by atoms with Crippen molar-refractivity contribution < 1.29 is 46.6 Å². The van der Waals surface area contributed by atoms with E-state index in [1.54, 1.807) is 0 Å². The van der Waals surface area contributed by atoms with Crippen LogP contribution in [0.3, 0.4) is 0 Å². The van der Waals surface area contributed by atoms with Gasteiger partial charge in [0.15, 0.2) is 5.65 Å². The summed E-state index contributed by atoms with van der Waals surface area (Å²) in [7, 11) is -16.0. The van der Waals surface area contributed by atoms with Crippen LogP contribution in [0, 0.1) is 0 Å². The molecule has 2 rings (SSSR count). The van der Waals surface area contributed by atoms with E-state index in [9.17, 15) is 23.4 Å². The predicted molar refractivity (Wildman–Crippen MR) is 95.6 cm³/mol. The van der Waals surface area contributed by atoms with Crippen LogP contribution < -0.4 is 11.4 Å². The number of nitrogens with two attached hydrogens (primary N) is 1. The molecule has 0 aliphatic heterocycles. The Morgan fingerprint density at radius 1 is 1.21 bits per heavy atom. The van der Waals surface area contributed by atoms with Gasteiger partial charge >= 0.3 is 28.9 Å². The lowest BCUT2D eigenvalue weighted by molar-refractivity contribution is 0.00237. The lowest BCUT2D eigenvalue weighted by Crippen LogP contribution is -2.28. The average molecular weight is 477 g/mol. The summed E-state index contributed by atoms with van der Waals surface area (Å²) in [4.78, 5) is 53.8. The molecule has 2 aromatic rings. The van der Waals surface area contributed by atoms with Crippen molar-refractivity contribution in [1.82, 2.24) is 19.6 Å². The van der Waals surface area contributed by atoms with Crippen molar-refractivity contribution in [3.05, 3.63) is 22.2 Å². The fourth-order valence-electron chi connectivity index (χ4n) is 2.17. The van der Waals surface area contributed by atoms with Crippen molar-refractivity contribution in [2.75, 3.05) is 12.1 Å². The van der Waals surface area contributed by atoms with Crippen molar-refractivity contribution in [1.29, 1.82) is 0 Å². The van der Waals surface area contributed by atoms with Crippen molar-refractivity contribution in [2.24, 2.45) is 0 Å². The molecule has 16 nitrogen and oxygen atoms in total. The van der Waals surface area contributed by atoms with Gasteiger partial charge in [0, 0.05) is 12.0 Å². The molecule has 7 N–H and O–H groups in total. The standard InChI is InChI=1S/C10H18N5O11P3/c1-10(2,3-6-4-12-15-7(6)13-8(11)14-9(15)16)24-5-27(17,18)25-29(22,23)26-28(19,20)21/h4H,3,5H2,1-2H3,(H,17,18)(H,22,23)(H2,19,20,21)(H3,11,13,14,16). The molecule has 29 heavy (non-hydrogen) atoms. The third-order valence-corrected chi connectivity index (χ3v) is 7.12. The second-order valence-corrected chi connectivity index (χ2v) is 11.1. The first-order chi connectivity index (χ1) is 13.0. The van der Waals surface area contributed by atoms with Crippen LogP contribution >= 0.6 is 23.2 Å². The summed E-state index contributed by atoms with van der Waals surface area (Å²) in [5.74, 6) is -0.153. The van der Waals surface area contributed by atoms with E-state index >= 15 is 0 Å². The van der Waals surface area contributed by atoms with Gasteiger partial charge in [-0.2, -0.15) is 18.9 Å². The Hall–Kier alpha value is -1.44. The molecule has 0 fully saturated rings. The fraction of sp³-hybridized carbons (Fsp3) is 0.500. The minimum atomic E-state index is -5.55. The molecule has 19 heteroatoms. The van der Waals surface area contributed by atoms with Gasteiger partial charge in [-0.1, -0.05) is 0 Å². The Morgan fingerprint density at radius 3 is 2.41 bits per heavy atom. The highest BCUT2D eigenvalue weighted by atomic mass is 31.3. The van der Waals surface area contributed by atoms with Crippen LogP contribution in [0.15, 0.2) is 11.0 Å². The summed E-state index contributed by atoms with van der Waals surface area (Å²) in [5, 5.41) is 3.85. The van der Waals surface area contributed by atoms with Gasteiger partial charge in [-0.05, 0) is 13.8 Å². The summed E-state index contributed by atoms with van der Waals surface area (Å²) in [6, 6.07) is 0. The Labute approximate surface area is 162 Å². The maximum atomic E-state index is 11.9.